The number of carboxylic acids is 1. The first kappa shape index (κ1) is 17.5. The van der Waals surface area contributed by atoms with Crippen molar-refractivity contribution >= 4 is 46.4 Å². The lowest BCUT2D eigenvalue weighted by molar-refractivity contribution is -0.138. The van der Waals surface area contributed by atoms with Gasteiger partial charge in [-0.3, -0.25) is 9.59 Å². The summed E-state index contributed by atoms with van der Waals surface area (Å²) in [6.45, 7) is 3.85. The first-order valence-electron chi connectivity index (χ1n) is 7.58. The summed E-state index contributed by atoms with van der Waals surface area (Å²) in [7, 11) is 0. The fourth-order valence-electron chi connectivity index (χ4n) is 3.25. The summed E-state index contributed by atoms with van der Waals surface area (Å²) in [5.41, 5.74) is 0. The third-order valence-corrected chi connectivity index (χ3v) is 9.84. The normalized spacial score (nSPS) is 36.0. The molecule has 0 radical (unpaired) electrons. The van der Waals surface area contributed by atoms with Gasteiger partial charge < -0.3 is 5.11 Å². The molecule has 3 unspecified atom stereocenters. The van der Waals surface area contributed by atoms with Crippen LogP contribution in [0.3, 0.4) is 0 Å². The molecule has 1 saturated carbocycles. The summed E-state index contributed by atoms with van der Waals surface area (Å²) >= 11 is 5.52. The minimum absolute atomic E-state index is 0.187. The molecule has 3 nitrogen and oxygen atoms in total. The van der Waals surface area contributed by atoms with Crippen LogP contribution < -0.4 is 0 Å². The third-order valence-electron chi connectivity index (χ3n) is 4.42. The molecule has 0 aromatic rings. The van der Waals surface area contributed by atoms with Crippen molar-refractivity contribution in [1.82, 2.24) is 0 Å². The average Bonchev–Trinajstić information content (AvgIpc) is 2.75. The van der Waals surface area contributed by atoms with Crippen LogP contribution in [0.5, 0.6) is 0 Å². The van der Waals surface area contributed by atoms with Gasteiger partial charge in [-0.15, -0.1) is 23.5 Å². The first-order valence-corrected chi connectivity index (χ1v) is 10.4. The second-order valence-electron chi connectivity index (χ2n) is 6.18. The van der Waals surface area contributed by atoms with Gasteiger partial charge in [-0.25, -0.2) is 0 Å². The summed E-state index contributed by atoms with van der Waals surface area (Å²) in [6.07, 6.45) is 5.78. The van der Waals surface area contributed by atoms with Crippen LogP contribution in [0, 0.1) is 5.92 Å². The van der Waals surface area contributed by atoms with E-state index in [1.54, 1.807) is 6.92 Å². The van der Waals surface area contributed by atoms with Crippen molar-refractivity contribution in [3.63, 3.8) is 0 Å². The largest absolute Gasteiger partial charge is 0.481 e. The lowest BCUT2D eigenvalue weighted by Gasteiger charge is -2.38. The maximum atomic E-state index is 11.3. The van der Waals surface area contributed by atoms with E-state index in [2.05, 4.69) is 18.7 Å². The predicted octanol–water partition coefficient (Wildman–Crippen LogP) is 4.26. The van der Waals surface area contributed by atoms with Crippen molar-refractivity contribution in [3.05, 3.63) is 0 Å². The van der Waals surface area contributed by atoms with E-state index in [0.29, 0.717) is 12.3 Å². The van der Waals surface area contributed by atoms with Gasteiger partial charge in [0.25, 0.3) is 0 Å². The van der Waals surface area contributed by atoms with E-state index in [4.69, 9.17) is 5.11 Å². The second kappa shape index (κ2) is 7.18. The number of hydrogen-bond acceptors (Lipinski definition) is 5. The molecular weight excluding hydrogens is 324 g/mol. The fraction of sp³-hybridized carbons (Fsp3) is 0.867. The number of hydrogen-bond donors (Lipinski definition) is 1. The minimum Gasteiger partial charge on any atom is -0.481 e. The third kappa shape index (κ3) is 4.58. The van der Waals surface area contributed by atoms with Gasteiger partial charge in [0.15, 0.2) is 5.12 Å². The van der Waals surface area contributed by atoms with Crippen LogP contribution in [0.2, 0.25) is 0 Å². The molecular formula is C15H24O3S3. The molecule has 120 valence electrons. The Kier molecular flexibility index (Phi) is 5.99. The summed E-state index contributed by atoms with van der Waals surface area (Å²) < 4.78 is 0.387. The Morgan fingerprint density at radius 2 is 2.19 bits per heavy atom. The zero-order valence-electron chi connectivity index (χ0n) is 12.7. The SMILES string of the molecule is CCC1(CSC(C)=O)CSC2(CCCC(CC(=O)O)C2)S1. The molecule has 21 heavy (non-hydrogen) atoms. The Bertz CT molecular complexity index is 415. The molecule has 0 amide bonds. The molecule has 0 aromatic carbocycles. The highest BCUT2D eigenvalue weighted by Crippen LogP contribution is 2.62. The van der Waals surface area contributed by atoms with Crippen molar-refractivity contribution in [2.45, 2.75) is 61.2 Å². The Hall–Kier alpha value is 0.190. The van der Waals surface area contributed by atoms with Crippen LogP contribution in [0.1, 0.15) is 52.4 Å². The monoisotopic (exact) mass is 348 g/mol. The highest BCUT2D eigenvalue weighted by molar-refractivity contribution is 8.23. The Morgan fingerprint density at radius 1 is 1.43 bits per heavy atom. The molecule has 2 aliphatic rings. The van der Waals surface area contributed by atoms with Gasteiger partial charge in [0, 0.05) is 29.6 Å². The maximum Gasteiger partial charge on any atom is 0.303 e. The van der Waals surface area contributed by atoms with Crippen LogP contribution in [-0.4, -0.2) is 36.5 Å². The number of carbonyl (C=O) groups excluding carboxylic acids is 1. The zero-order valence-corrected chi connectivity index (χ0v) is 15.2. The molecule has 0 aromatic heterocycles. The van der Waals surface area contributed by atoms with Gasteiger partial charge in [-0.1, -0.05) is 25.1 Å². The maximum absolute atomic E-state index is 11.3. The molecule has 6 heteroatoms. The molecule has 1 N–H and O–H groups in total. The van der Waals surface area contributed by atoms with Crippen LogP contribution in [0.15, 0.2) is 0 Å². The number of carbonyl (C=O) groups is 2. The predicted molar refractivity (Wildman–Crippen MR) is 93.2 cm³/mol. The van der Waals surface area contributed by atoms with E-state index >= 15 is 0 Å². The Labute approximate surface area is 139 Å². The molecule has 3 atom stereocenters. The van der Waals surface area contributed by atoms with Crippen molar-refractivity contribution in [2.75, 3.05) is 11.5 Å². The average molecular weight is 349 g/mol. The summed E-state index contributed by atoms with van der Waals surface area (Å²) in [4.78, 5) is 22.3. The quantitative estimate of drug-likeness (QED) is 0.801. The minimum atomic E-state index is -0.668. The van der Waals surface area contributed by atoms with Crippen LogP contribution in [0.4, 0.5) is 0 Å². The van der Waals surface area contributed by atoms with Gasteiger partial charge >= 0.3 is 5.97 Å². The van der Waals surface area contributed by atoms with E-state index < -0.39 is 5.97 Å². The number of rotatable bonds is 5. The van der Waals surface area contributed by atoms with E-state index in [-0.39, 0.29) is 13.9 Å². The van der Waals surface area contributed by atoms with Gasteiger partial charge in [0.2, 0.25) is 0 Å². The Morgan fingerprint density at radius 3 is 2.81 bits per heavy atom. The van der Waals surface area contributed by atoms with Crippen LogP contribution in [0.25, 0.3) is 0 Å². The highest BCUT2D eigenvalue weighted by Gasteiger charge is 2.50. The van der Waals surface area contributed by atoms with E-state index in [1.807, 2.05) is 11.8 Å². The summed E-state index contributed by atoms with van der Waals surface area (Å²) in [6, 6.07) is 0. The van der Waals surface area contributed by atoms with E-state index in [9.17, 15) is 9.59 Å². The van der Waals surface area contributed by atoms with E-state index in [1.165, 1.54) is 18.2 Å². The topological polar surface area (TPSA) is 54.4 Å². The van der Waals surface area contributed by atoms with Gasteiger partial charge in [-0.2, -0.15) is 0 Å². The molecule has 1 aliphatic heterocycles. The smallest absolute Gasteiger partial charge is 0.303 e. The van der Waals surface area contributed by atoms with Crippen LogP contribution in [-0.2, 0) is 9.59 Å². The molecule has 1 aliphatic carbocycles. The van der Waals surface area contributed by atoms with Crippen molar-refractivity contribution in [3.8, 4) is 0 Å². The summed E-state index contributed by atoms with van der Waals surface area (Å²) in [5, 5.41) is 9.23. The molecule has 0 bridgehead atoms. The van der Waals surface area contributed by atoms with Gasteiger partial charge in [0.1, 0.15) is 0 Å². The first-order chi connectivity index (χ1) is 9.89. The number of carboxylic acid groups (broad SMARTS) is 1. The second-order valence-corrected chi connectivity index (χ2v) is 10.8. The number of aliphatic carboxylic acids is 1. The van der Waals surface area contributed by atoms with Crippen molar-refractivity contribution in [2.24, 2.45) is 5.92 Å². The number of thioether (sulfide) groups is 3. The Balaban J connectivity index is 2.00. The van der Waals surface area contributed by atoms with Crippen molar-refractivity contribution < 1.29 is 14.7 Å². The van der Waals surface area contributed by atoms with Gasteiger partial charge in [0.05, 0.1) is 4.08 Å². The fourth-order valence-corrected chi connectivity index (χ4v) is 8.89. The molecule has 2 fully saturated rings. The lowest BCUT2D eigenvalue weighted by Crippen LogP contribution is -2.32. The van der Waals surface area contributed by atoms with E-state index in [0.717, 1.165) is 37.2 Å². The van der Waals surface area contributed by atoms with Crippen molar-refractivity contribution in [1.29, 1.82) is 0 Å². The van der Waals surface area contributed by atoms with Gasteiger partial charge in [-0.05, 0) is 31.6 Å². The zero-order chi connectivity index (χ0) is 15.5. The highest BCUT2D eigenvalue weighted by atomic mass is 32.2. The molecule has 1 heterocycles. The van der Waals surface area contributed by atoms with Crippen LogP contribution >= 0.6 is 35.3 Å². The summed E-state index contributed by atoms with van der Waals surface area (Å²) in [5.74, 6) is 1.64. The lowest BCUT2D eigenvalue weighted by atomic mass is 9.86. The molecule has 1 saturated heterocycles. The molecule has 1 spiro atoms. The standard InChI is InChI=1S/C15H24O3S3/c1-3-14(9-19-11(2)16)10-20-15(21-14)6-4-5-12(8-15)7-13(17)18/h12H,3-10H2,1-2H3,(H,17,18). The molecule has 2 rings (SSSR count).